The Balaban J connectivity index is 2.41. The first-order valence-electron chi connectivity index (χ1n) is 8.62. The van der Waals surface area contributed by atoms with E-state index in [1.165, 1.54) is 21.9 Å². The zero-order valence-electron chi connectivity index (χ0n) is 16.1. The van der Waals surface area contributed by atoms with Crippen LogP contribution in [0.3, 0.4) is 0 Å². The number of rotatable bonds is 4. The third-order valence-electron chi connectivity index (χ3n) is 3.66. The number of amides is 2. The Morgan fingerprint density at radius 2 is 1.58 bits per heavy atom. The summed E-state index contributed by atoms with van der Waals surface area (Å²) in [5, 5.41) is 4.04. The molecule has 1 aliphatic rings. The standard InChI is InChI=1S/C18H27N3O4S/c1-12(2)24-17(22)20-16(26-6)11-19(15-9-7-14(5)8-10-15)21(20)18(23)25-13(3)4/h7-10,12-13,16H,11H2,1-6H3. The van der Waals surface area contributed by atoms with E-state index < -0.39 is 12.2 Å². The number of carbonyl (C=O) groups is 2. The summed E-state index contributed by atoms with van der Waals surface area (Å²) in [6.45, 7) is 9.54. The molecular weight excluding hydrogens is 354 g/mol. The van der Waals surface area contributed by atoms with Gasteiger partial charge in [0.15, 0.2) is 0 Å². The van der Waals surface area contributed by atoms with E-state index in [4.69, 9.17) is 9.47 Å². The van der Waals surface area contributed by atoms with Gasteiger partial charge < -0.3 is 9.47 Å². The minimum atomic E-state index is -0.613. The molecule has 144 valence electrons. The van der Waals surface area contributed by atoms with E-state index in [1.807, 2.05) is 37.4 Å². The van der Waals surface area contributed by atoms with E-state index in [2.05, 4.69) is 0 Å². The van der Waals surface area contributed by atoms with Crippen molar-refractivity contribution in [3.05, 3.63) is 29.8 Å². The van der Waals surface area contributed by atoms with Gasteiger partial charge in [0.1, 0.15) is 5.37 Å². The van der Waals surface area contributed by atoms with Crippen molar-refractivity contribution in [1.82, 2.24) is 10.1 Å². The number of ether oxygens (including phenoxy) is 2. The molecule has 0 spiro atoms. The van der Waals surface area contributed by atoms with Crippen molar-refractivity contribution in [2.45, 2.75) is 52.2 Å². The van der Waals surface area contributed by atoms with E-state index >= 15 is 0 Å². The van der Waals surface area contributed by atoms with Crippen molar-refractivity contribution >= 4 is 29.6 Å². The molecular formula is C18H27N3O4S. The molecule has 2 rings (SSSR count). The SMILES string of the molecule is CSC1CN(c2ccc(C)cc2)N(C(=O)OC(C)C)N1C(=O)OC(C)C. The number of aryl methyl sites for hydroxylation is 1. The minimum Gasteiger partial charge on any atom is -0.445 e. The highest BCUT2D eigenvalue weighted by Crippen LogP contribution is 2.32. The largest absolute Gasteiger partial charge is 0.449 e. The molecule has 1 aromatic carbocycles. The molecule has 1 heterocycles. The summed E-state index contributed by atoms with van der Waals surface area (Å²) < 4.78 is 10.7. The van der Waals surface area contributed by atoms with Gasteiger partial charge in [-0.05, 0) is 53.0 Å². The van der Waals surface area contributed by atoms with Crippen molar-refractivity contribution in [3.8, 4) is 0 Å². The highest BCUT2D eigenvalue weighted by atomic mass is 32.2. The van der Waals surface area contributed by atoms with Gasteiger partial charge in [0.05, 0.1) is 24.4 Å². The second-order valence-corrected chi connectivity index (χ2v) is 7.62. The Kier molecular flexibility index (Phi) is 6.63. The fourth-order valence-corrected chi connectivity index (χ4v) is 3.20. The smallest absolute Gasteiger partial charge is 0.445 e. The van der Waals surface area contributed by atoms with Crippen LogP contribution in [0, 0.1) is 6.92 Å². The number of carbonyl (C=O) groups excluding carboxylic acids is 2. The van der Waals surface area contributed by atoms with Crippen LogP contribution in [0.1, 0.15) is 33.3 Å². The van der Waals surface area contributed by atoms with Crippen LogP contribution in [0.2, 0.25) is 0 Å². The molecule has 1 saturated heterocycles. The maximum atomic E-state index is 12.8. The first-order chi connectivity index (χ1) is 12.2. The molecule has 0 saturated carbocycles. The van der Waals surface area contributed by atoms with Crippen LogP contribution in [0.4, 0.5) is 15.3 Å². The van der Waals surface area contributed by atoms with E-state index in [0.717, 1.165) is 11.3 Å². The topological polar surface area (TPSA) is 62.3 Å². The number of thioether (sulfide) groups is 1. The van der Waals surface area contributed by atoms with Crippen molar-refractivity contribution in [1.29, 1.82) is 0 Å². The average molecular weight is 381 g/mol. The first-order valence-corrected chi connectivity index (χ1v) is 9.90. The van der Waals surface area contributed by atoms with Gasteiger partial charge in [-0.1, -0.05) is 17.7 Å². The zero-order chi connectivity index (χ0) is 19.4. The molecule has 26 heavy (non-hydrogen) atoms. The number of hydrogen-bond donors (Lipinski definition) is 0. The van der Waals surface area contributed by atoms with Gasteiger partial charge in [-0.2, -0.15) is 5.01 Å². The average Bonchev–Trinajstić information content (AvgIpc) is 2.94. The molecule has 1 unspecified atom stereocenters. The lowest BCUT2D eigenvalue weighted by atomic mass is 10.2. The number of anilines is 1. The number of benzene rings is 1. The zero-order valence-corrected chi connectivity index (χ0v) is 16.9. The quantitative estimate of drug-likeness (QED) is 0.785. The van der Waals surface area contributed by atoms with Gasteiger partial charge in [-0.15, -0.1) is 16.9 Å². The summed E-state index contributed by atoms with van der Waals surface area (Å²) in [6.07, 6.45) is 0.109. The van der Waals surface area contributed by atoms with Gasteiger partial charge >= 0.3 is 12.2 Å². The van der Waals surface area contributed by atoms with Crippen LogP contribution < -0.4 is 5.01 Å². The van der Waals surface area contributed by atoms with Gasteiger partial charge in [0.25, 0.3) is 0 Å². The number of nitrogens with zero attached hydrogens (tertiary/aromatic N) is 3. The molecule has 1 fully saturated rings. The van der Waals surface area contributed by atoms with Crippen LogP contribution in [0.5, 0.6) is 0 Å². The van der Waals surface area contributed by atoms with E-state index in [-0.39, 0.29) is 17.6 Å². The fraction of sp³-hybridized carbons (Fsp3) is 0.556. The maximum Gasteiger partial charge on any atom is 0.449 e. The van der Waals surface area contributed by atoms with Crippen LogP contribution in [-0.4, -0.2) is 52.7 Å². The molecule has 0 aliphatic carbocycles. The summed E-state index contributed by atoms with van der Waals surface area (Å²) in [5.41, 5.74) is 1.91. The molecule has 1 atom stereocenters. The third kappa shape index (κ3) is 4.55. The second kappa shape index (κ2) is 8.53. The van der Waals surface area contributed by atoms with Gasteiger partial charge in [-0.25, -0.2) is 9.59 Å². The second-order valence-electron chi connectivity index (χ2n) is 6.61. The molecule has 0 radical (unpaired) electrons. The van der Waals surface area contributed by atoms with Gasteiger partial charge in [-0.3, -0.25) is 5.01 Å². The Morgan fingerprint density at radius 1 is 1.04 bits per heavy atom. The lowest BCUT2D eigenvalue weighted by Gasteiger charge is -2.34. The van der Waals surface area contributed by atoms with Crippen LogP contribution in [0.15, 0.2) is 24.3 Å². The normalized spacial score (nSPS) is 17.2. The lowest BCUT2D eigenvalue weighted by Crippen LogP contribution is -2.53. The van der Waals surface area contributed by atoms with E-state index in [0.29, 0.717) is 6.54 Å². The van der Waals surface area contributed by atoms with Crippen LogP contribution >= 0.6 is 11.8 Å². The Bertz CT molecular complexity index is 636. The van der Waals surface area contributed by atoms with Crippen molar-refractivity contribution in [3.63, 3.8) is 0 Å². The van der Waals surface area contributed by atoms with E-state index in [1.54, 1.807) is 32.7 Å². The van der Waals surface area contributed by atoms with Crippen LogP contribution in [-0.2, 0) is 9.47 Å². The van der Waals surface area contributed by atoms with Crippen LogP contribution in [0.25, 0.3) is 0 Å². The Hall–Kier alpha value is -2.09. The number of hydrogen-bond acceptors (Lipinski definition) is 6. The molecule has 0 N–H and O–H groups in total. The highest BCUT2D eigenvalue weighted by molar-refractivity contribution is 7.99. The van der Waals surface area contributed by atoms with E-state index in [9.17, 15) is 9.59 Å². The molecule has 1 aromatic rings. The van der Waals surface area contributed by atoms with Crippen molar-refractivity contribution in [2.75, 3.05) is 17.8 Å². The summed E-state index contributed by atoms with van der Waals surface area (Å²) in [6, 6.07) is 7.76. The summed E-state index contributed by atoms with van der Waals surface area (Å²) in [5.74, 6) is 0. The predicted molar refractivity (Wildman–Crippen MR) is 103 cm³/mol. The predicted octanol–water partition coefficient (Wildman–Crippen LogP) is 4.03. The summed E-state index contributed by atoms with van der Waals surface area (Å²) in [4.78, 5) is 25.4. The third-order valence-corrected chi connectivity index (χ3v) is 4.56. The summed E-state index contributed by atoms with van der Waals surface area (Å²) in [7, 11) is 0. The molecule has 2 amide bonds. The number of hydrazine groups is 2. The highest BCUT2D eigenvalue weighted by Gasteiger charge is 2.46. The van der Waals surface area contributed by atoms with Crippen molar-refractivity contribution in [2.24, 2.45) is 0 Å². The minimum absolute atomic E-state index is 0.276. The molecule has 8 heteroatoms. The Morgan fingerprint density at radius 3 is 2.08 bits per heavy atom. The lowest BCUT2D eigenvalue weighted by molar-refractivity contribution is -0.0187. The molecule has 1 aliphatic heterocycles. The maximum absolute atomic E-state index is 12.8. The fourth-order valence-electron chi connectivity index (χ4n) is 2.53. The summed E-state index contributed by atoms with van der Waals surface area (Å²) >= 11 is 1.47. The monoisotopic (exact) mass is 381 g/mol. The van der Waals surface area contributed by atoms with Crippen molar-refractivity contribution < 1.29 is 19.1 Å². The van der Waals surface area contributed by atoms with Gasteiger partial charge in [0.2, 0.25) is 0 Å². The Labute approximate surface area is 159 Å². The molecule has 0 bridgehead atoms. The molecule has 7 nitrogen and oxygen atoms in total. The van der Waals surface area contributed by atoms with Gasteiger partial charge in [0, 0.05) is 0 Å². The first kappa shape index (κ1) is 20.2. The molecule has 0 aromatic heterocycles.